The molecule has 118 valence electrons. The molecule has 0 atom stereocenters. The van der Waals surface area contributed by atoms with Crippen molar-refractivity contribution < 1.29 is 4.39 Å². The van der Waals surface area contributed by atoms with E-state index in [1.165, 1.54) is 6.07 Å². The number of rotatable bonds is 4. The highest BCUT2D eigenvalue weighted by Crippen LogP contribution is 2.38. The number of aromatic nitrogens is 2. The van der Waals surface area contributed by atoms with Gasteiger partial charge >= 0.3 is 0 Å². The van der Waals surface area contributed by atoms with Gasteiger partial charge in [-0.2, -0.15) is 0 Å². The van der Waals surface area contributed by atoms with Gasteiger partial charge in [0.25, 0.3) is 0 Å². The third-order valence-electron chi connectivity index (χ3n) is 3.68. The highest BCUT2D eigenvalue weighted by Gasteiger charge is 2.13. The molecule has 2 nitrogen and oxygen atoms in total. The van der Waals surface area contributed by atoms with Crippen LogP contribution in [-0.4, -0.2) is 9.97 Å². The van der Waals surface area contributed by atoms with Gasteiger partial charge in [-0.25, -0.2) is 14.4 Å². The molecular formula is C19H13FN2S2. The van der Waals surface area contributed by atoms with E-state index in [0.29, 0.717) is 5.75 Å². The summed E-state index contributed by atoms with van der Waals surface area (Å²) >= 11 is 3.24. The van der Waals surface area contributed by atoms with Crippen LogP contribution >= 0.6 is 23.1 Å². The topological polar surface area (TPSA) is 25.8 Å². The normalized spacial score (nSPS) is 11.0. The minimum absolute atomic E-state index is 0.207. The van der Waals surface area contributed by atoms with Gasteiger partial charge in [0.1, 0.15) is 22.0 Å². The van der Waals surface area contributed by atoms with Crippen LogP contribution in [0.5, 0.6) is 0 Å². The predicted molar refractivity (Wildman–Crippen MR) is 98.8 cm³/mol. The van der Waals surface area contributed by atoms with Crippen LogP contribution in [-0.2, 0) is 5.75 Å². The van der Waals surface area contributed by atoms with Gasteiger partial charge in [0.05, 0.1) is 5.39 Å². The van der Waals surface area contributed by atoms with Crippen LogP contribution in [0, 0.1) is 5.82 Å². The minimum Gasteiger partial charge on any atom is -0.229 e. The number of halogens is 1. The second kappa shape index (κ2) is 6.71. The van der Waals surface area contributed by atoms with Crippen molar-refractivity contribution in [3.05, 3.63) is 77.7 Å². The van der Waals surface area contributed by atoms with Crippen LogP contribution in [0.25, 0.3) is 21.3 Å². The maximum Gasteiger partial charge on any atom is 0.128 e. The monoisotopic (exact) mass is 352 g/mol. The number of hydrogen-bond donors (Lipinski definition) is 0. The van der Waals surface area contributed by atoms with Crippen molar-refractivity contribution in [2.45, 2.75) is 10.8 Å². The number of hydrogen-bond acceptors (Lipinski definition) is 4. The van der Waals surface area contributed by atoms with E-state index < -0.39 is 0 Å². The van der Waals surface area contributed by atoms with E-state index in [-0.39, 0.29) is 5.82 Å². The Kier molecular flexibility index (Phi) is 4.28. The first-order valence-electron chi connectivity index (χ1n) is 7.46. The quantitative estimate of drug-likeness (QED) is 0.343. The van der Waals surface area contributed by atoms with E-state index in [2.05, 4.69) is 27.5 Å². The van der Waals surface area contributed by atoms with E-state index in [1.807, 2.05) is 24.3 Å². The zero-order valence-electron chi connectivity index (χ0n) is 12.6. The molecule has 0 aliphatic rings. The molecule has 4 rings (SSSR count). The van der Waals surface area contributed by atoms with Gasteiger partial charge in [-0.3, -0.25) is 0 Å². The highest BCUT2D eigenvalue weighted by atomic mass is 32.2. The standard InChI is InChI=1S/C19H13FN2S2/c20-15-8-4-5-13(9-15)10-23-18-17-16(14-6-2-1-3-7-14)11-24-19(17)22-12-21-18/h1-9,11-12H,10H2. The Balaban J connectivity index is 1.72. The molecule has 0 saturated carbocycles. The zero-order chi connectivity index (χ0) is 16.4. The molecule has 4 aromatic rings. The van der Waals surface area contributed by atoms with E-state index in [9.17, 15) is 4.39 Å². The molecule has 2 aromatic heterocycles. The number of benzene rings is 2. The minimum atomic E-state index is -0.207. The van der Waals surface area contributed by atoms with Crippen LogP contribution in [0.3, 0.4) is 0 Å². The summed E-state index contributed by atoms with van der Waals surface area (Å²) in [6, 6.07) is 16.9. The SMILES string of the molecule is Fc1cccc(CSc2ncnc3scc(-c4ccccc4)c23)c1. The lowest BCUT2D eigenvalue weighted by Crippen LogP contribution is -1.88. The molecule has 2 aromatic carbocycles. The van der Waals surface area contributed by atoms with Gasteiger partial charge < -0.3 is 0 Å². The van der Waals surface area contributed by atoms with E-state index in [4.69, 9.17) is 0 Å². The van der Waals surface area contributed by atoms with Gasteiger partial charge in [0, 0.05) is 16.7 Å². The molecular weight excluding hydrogens is 339 g/mol. The molecule has 2 heterocycles. The first kappa shape index (κ1) is 15.3. The first-order chi connectivity index (χ1) is 11.8. The lowest BCUT2D eigenvalue weighted by atomic mass is 10.1. The fraction of sp³-hybridized carbons (Fsp3) is 0.0526. The van der Waals surface area contributed by atoms with Crippen molar-refractivity contribution in [3.63, 3.8) is 0 Å². The van der Waals surface area contributed by atoms with Crippen LogP contribution in [0.1, 0.15) is 5.56 Å². The van der Waals surface area contributed by atoms with Crippen molar-refractivity contribution in [2.75, 3.05) is 0 Å². The molecule has 0 aliphatic heterocycles. The maximum absolute atomic E-state index is 13.3. The number of nitrogens with zero attached hydrogens (tertiary/aromatic N) is 2. The molecule has 0 amide bonds. The van der Waals surface area contributed by atoms with Crippen molar-refractivity contribution >= 4 is 33.3 Å². The first-order valence-corrected chi connectivity index (χ1v) is 9.32. The van der Waals surface area contributed by atoms with Crippen LogP contribution in [0.2, 0.25) is 0 Å². The van der Waals surface area contributed by atoms with Crippen molar-refractivity contribution in [3.8, 4) is 11.1 Å². The van der Waals surface area contributed by atoms with Gasteiger partial charge in [-0.15, -0.1) is 23.1 Å². The Morgan fingerprint density at radius 1 is 1.00 bits per heavy atom. The third kappa shape index (κ3) is 3.05. The Bertz CT molecular complexity index is 983. The number of thioether (sulfide) groups is 1. The van der Waals surface area contributed by atoms with E-state index >= 15 is 0 Å². The molecule has 0 fully saturated rings. The molecule has 5 heteroatoms. The van der Waals surface area contributed by atoms with Crippen molar-refractivity contribution in [2.24, 2.45) is 0 Å². The second-order valence-corrected chi connectivity index (χ2v) is 7.12. The smallest absolute Gasteiger partial charge is 0.128 e. The summed E-state index contributed by atoms with van der Waals surface area (Å²) in [7, 11) is 0. The summed E-state index contributed by atoms with van der Waals surface area (Å²) in [5.74, 6) is 0.468. The summed E-state index contributed by atoms with van der Waals surface area (Å²) in [5.41, 5.74) is 3.26. The number of thiophene rings is 1. The van der Waals surface area contributed by atoms with Crippen LogP contribution < -0.4 is 0 Å². The van der Waals surface area contributed by atoms with Crippen molar-refractivity contribution in [1.82, 2.24) is 9.97 Å². The number of fused-ring (bicyclic) bond motifs is 1. The van der Waals surface area contributed by atoms with E-state index in [1.54, 1.807) is 41.6 Å². The van der Waals surface area contributed by atoms with Gasteiger partial charge in [0.2, 0.25) is 0 Å². The summed E-state index contributed by atoms with van der Waals surface area (Å²) in [6.45, 7) is 0. The Labute approximate surface area is 147 Å². The van der Waals surface area contributed by atoms with Gasteiger partial charge in [-0.05, 0) is 23.3 Å². The zero-order valence-corrected chi connectivity index (χ0v) is 14.3. The molecule has 0 spiro atoms. The maximum atomic E-state index is 13.3. The second-order valence-electron chi connectivity index (χ2n) is 5.29. The summed E-state index contributed by atoms with van der Waals surface area (Å²) in [6.07, 6.45) is 1.60. The molecule has 0 radical (unpaired) electrons. The average molecular weight is 352 g/mol. The average Bonchev–Trinajstić information content (AvgIpc) is 3.05. The molecule has 0 aliphatic carbocycles. The van der Waals surface area contributed by atoms with E-state index in [0.717, 1.165) is 31.9 Å². The summed E-state index contributed by atoms with van der Waals surface area (Å²) < 4.78 is 13.3. The highest BCUT2D eigenvalue weighted by molar-refractivity contribution is 7.98. The Morgan fingerprint density at radius 2 is 1.88 bits per heavy atom. The molecule has 24 heavy (non-hydrogen) atoms. The lowest BCUT2D eigenvalue weighted by molar-refractivity contribution is 0.626. The molecule has 0 saturated heterocycles. The predicted octanol–water partition coefficient (Wildman–Crippen LogP) is 5.79. The summed E-state index contributed by atoms with van der Waals surface area (Å²) in [5, 5.41) is 4.14. The van der Waals surface area contributed by atoms with Crippen LogP contribution in [0.15, 0.2) is 71.3 Å². The lowest BCUT2D eigenvalue weighted by Gasteiger charge is -2.05. The molecule has 0 bridgehead atoms. The van der Waals surface area contributed by atoms with Crippen LogP contribution in [0.4, 0.5) is 4.39 Å². The van der Waals surface area contributed by atoms with Gasteiger partial charge in [-0.1, -0.05) is 42.5 Å². The fourth-order valence-electron chi connectivity index (χ4n) is 2.57. The Morgan fingerprint density at radius 3 is 2.71 bits per heavy atom. The Hall–Kier alpha value is -2.24. The van der Waals surface area contributed by atoms with Gasteiger partial charge in [0.15, 0.2) is 0 Å². The van der Waals surface area contributed by atoms with Crippen molar-refractivity contribution in [1.29, 1.82) is 0 Å². The summed E-state index contributed by atoms with van der Waals surface area (Å²) in [4.78, 5) is 9.84. The largest absolute Gasteiger partial charge is 0.229 e. The molecule has 0 N–H and O–H groups in total. The fourth-order valence-corrected chi connectivity index (χ4v) is 4.50. The molecule has 0 unspecified atom stereocenters. The third-order valence-corrected chi connectivity index (χ3v) is 5.63.